The Balaban J connectivity index is 2.70. The Morgan fingerprint density at radius 3 is 2.63 bits per heavy atom. The van der Waals surface area contributed by atoms with E-state index in [0.29, 0.717) is 36.2 Å². The highest BCUT2D eigenvalue weighted by Gasteiger charge is 2.10. The molecule has 3 nitrogen and oxygen atoms in total. The first-order valence-electron chi connectivity index (χ1n) is 5.41. The van der Waals surface area contributed by atoms with E-state index in [4.69, 9.17) is 26.2 Å². The monoisotopic (exact) mass is 476 g/mol. The van der Waals surface area contributed by atoms with Crippen LogP contribution in [0.25, 0.3) is 0 Å². The van der Waals surface area contributed by atoms with Crippen molar-refractivity contribution in [1.82, 2.24) is 0 Å². The lowest BCUT2D eigenvalue weighted by Crippen LogP contribution is -2.01. The second-order valence-electron chi connectivity index (χ2n) is 3.45. The van der Waals surface area contributed by atoms with Gasteiger partial charge in [0.2, 0.25) is 0 Å². The molecular formula is C12H12Br3ClO3. The molecular weight excluding hydrogens is 467 g/mol. The van der Waals surface area contributed by atoms with Crippen molar-refractivity contribution in [2.75, 3.05) is 19.8 Å². The summed E-state index contributed by atoms with van der Waals surface area (Å²) < 4.78 is 12.5. The molecule has 0 aromatic heterocycles. The number of hydrogen-bond acceptors (Lipinski definition) is 3. The van der Waals surface area contributed by atoms with E-state index in [2.05, 4.69) is 47.8 Å². The number of aliphatic hydroxyl groups is 1. The van der Waals surface area contributed by atoms with Gasteiger partial charge in [0.25, 0.3) is 0 Å². The zero-order chi connectivity index (χ0) is 14.3. The van der Waals surface area contributed by atoms with Crippen LogP contribution in [0.2, 0.25) is 5.02 Å². The minimum absolute atomic E-state index is 0.0875. The Hall–Kier alpha value is 0.250. The molecule has 1 N–H and O–H groups in total. The van der Waals surface area contributed by atoms with E-state index in [-0.39, 0.29) is 6.61 Å². The molecule has 0 bridgehead atoms. The summed E-state index contributed by atoms with van der Waals surface area (Å²) in [5, 5.41) is 9.17. The summed E-state index contributed by atoms with van der Waals surface area (Å²) in [4.78, 5) is 0. The van der Waals surface area contributed by atoms with Crippen LogP contribution in [0.5, 0.6) is 11.5 Å². The Kier molecular flexibility index (Phi) is 8.41. The van der Waals surface area contributed by atoms with E-state index < -0.39 is 0 Å². The molecule has 0 saturated heterocycles. The highest BCUT2D eigenvalue weighted by atomic mass is 79.9. The van der Waals surface area contributed by atoms with Gasteiger partial charge in [-0.2, -0.15) is 0 Å². The molecule has 0 unspecified atom stereocenters. The van der Waals surface area contributed by atoms with Crippen LogP contribution in [0.3, 0.4) is 0 Å². The molecule has 0 fully saturated rings. The van der Waals surface area contributed by atoms with Gasteiger partial charge in [-0.3, -0.25) is 0 Å². The lowest BCUT2D eigenvalue weighted by molar-refractivity contribution is 0.233. The van der Waals surface area contributed by atoms with Crippen LogP contribution in [0.4, 0.5) is 0 Å². The van der Waals surface area contributed by atoms with Gasteiger partial charge in [0.05, 0.1) is 19.5 Å². The fourth-order valence-electron chi connectivity index (χ4n) is 1.20. The van der Waals surface area contributed by atoms with Gasteiger partial charge in [0.15, 0.2) is 5.75 Å². The lowest BCUT2D eigenvalue weighted by atomic mass is 10.3. The molecule has 1 aromatic carbocycles. The topological polar surface area (TPSA) is 38.7 Å². The van der Waals surface area contributed by atoms with E-state index in [0.717, 1.165) is 7.86 Å². The fraction of sp³-hybridized carbons (Fsp3) is 0.333. The molecule has 0 aliphatic carbocycles. The molecule has 0 atom stereocenters. The van der Waals surface area contributed by atoms with Crippen molar-refractivity contribution < 1.29 is 14.6 Å². The molecule has 7 heteroatoms. The molecule has 1 rings (SSSR count). The third-order valence-corrected chi connectivity index (χ3v) is 3.53. The van der Waals surface area contributed by atoms with Crippen molar-refractivity contribution in [3.8, 4) is 11.5 Å². The van der Waals surface area contributed by atoms with Gasteiger partial charge in [-0.15, -0.1) is 0 Å². The van der Waals surface area contributed by atoms with Crippen LogP contribution in [0, 0.1) is 0 Å². The molecule has 1 aromatic rings. The minimum Gasteiger partial charge on any atom is -0.491 e. The van der Waals surface area contributed by atoms with Crippen molar-refractivity contribution in [2.45, 2.75) is 6.42 Å². The first-order chi connectivity index (χ1) is 9.04. The molecule has 0 radical (unpaired) electrons. The highest BCUT2D eigenvalue weighted by molar-refractivity contribution is 9.28. The summed E-state index contributed by atoms with van der Waals surface area (Å²) in [6.45, 7) is 0.914. The summed E-state index contributed by atoms with van der Waals surface area (Å²) in [6, 6.07) is 3.48. The second kappa shape index (κ2) is 9.23. The summed E-state index contributed by atoms with van der Waals surface area (Å²) in [5.74, 6) is 1.20. The number of ether oxygens (including phenoxy) is 2. The smallest absolute Gasteiger partial charge is 0.152 e. The number of halogens is 4. The average molecular weight is 479 g/mol. The zero-order valence-corrected chi connectivity index (χ0v) is 15.3. The number of hydrogen-bond donors (Lipinski definition) is 1. The number of benzene rings is 1. The van der Waals surface area contributed by atoms with Crippen LogP contribution in [0.1, 0.15) is 6.42 Å². The summed E-state index contributed by atoms with van der Waals surface area (Å²) >= 11 is 16.0. The van der Waals surface area contributed by atoms with Gasteiger partial charge in [0.1, 0.15) is 12.4 Å². The first kappa shape index (κ1) is 17.3. The Labute approximate surface area is 142 Å². The van der Waals surface area contributed by atoms with E-state index in [1.165, 1.54) is 0 Å². The molecule has 19 heavy (non-hydrogen) atoms. The molecule has 0 aliphatic heterocycles. The molecule has 0 saturated carbocycles. The third-order valence-electron chi connectivity index (χ3n) is 2.01. The van der Waals surface area contributed by atoms with E-state index in [1.54, 1.807) is 12.1 Å². The van der Waals surface area contributed by atoms with Crippen LogP contribution < -0.4 is 9.47 Å². The van der Waals surface area contributed by atoms with Crippen molar-refractivity contribution in [3.63, 3.8) is 0 Å². The third kappa shape index (κ3) is 6.49. The Bertz CT molecular complexity index is 425. The first-order valence-corrected chi connectivity index (χ1v) is 8.17. The number of rotatable bonds is 7. The quantitative estimate of drug-likeness (QED) is 0.567. The minimum atomic E-state index is 0.0875. The van der Waals surface area contributed by atoms with Gasteiger partial charge in [-0.1, -0.05) is 11.6 Å². The van der Waals surface area contributed by atoms with Gasteiger partial charge in [-0.25, -0.2) is 0 Å². The summed E-state index contributed by atoms with van der Waals surface area (Å²) in [5.41, 5.74) is 0. The van der Waals surface area contributed by atoms with Crippen LogP contribution in [-0.4, -0.2) is 24.9 Å². The van der Waals surface area contributed by atoms with Crippen molar-refractivity contribution in [2.24, 2.45) is 0 Å². The van der Waals surface area contributed by atoms with Gasteiger partial charge >= 0.3 is 0 Å². The predicted molar refractivity (Wildman–Crippen MR) is 87.8 cm³/mol. The Morgan fingerprint density at radius 2 is 2.05 bits per heavy atom. The van der Waals surface area contributed by atoms with E-state index in [9.17, 15) is 0 Å². The van der Waals surface area contributed by atoms with Crippen LogP contribution in [0.15, 0.2) is 26.1 Å². The zero-order valence-electron chi connectivity index (χ0n) is 9.84. The van der Waals surface area contributed by atoms with Crippen molar-refractivity contribution in [1.29, 1.82) is 0 Å². The van der Waals surface area contributed by atoms with E-state index >= 15 is 0 Å². The van der Waals surface area contributed by atoms with Crippen LogP contribution in [-0.2, 0) is 0 Å². The maximum atomic E-state index is 8.71. The predicted octanol–water partition coefficient (Wildman–Crippen LogP) is 4.87. The van der Waals surface area contributed by atoms with Crippen LogP contribution >= 0.6 is 59.4 Å². The SMILES string of the molecule is OCCCOc1c(Cl)cc(OCC=C(Br)Br)cc1Br. The van der Waals surface area contributed by atoms with Gasteiger partial charge in [-0.05, 0) is 59.9 Å². The molecule has 106 valence electrons. The molecule has 0 aliphatic rings. The fourth-order valence-corrected chi connectivity index (χ4v) is 2.39. The second-order valence-corrected chi connectivity index (χ2v) is 7.48. The molecule has 0 amide bonds. The summed E-state index contributed by atoms with van der Waals surface area (Å²) in [7, 11) is 0. The normalized spacial score (nSPS) is 10.2. The standard InChI is InChI=1S/C12H12Br3ClO3/c13-9-6-8(18-5-2-11(14)15)7-10(16)12(9)19-4-1-3-17/h2,6-7,17H,1,3-5H2. The molecule has 0 spiro atoms. The maximum absolute atomic E-state index is 8.71. The lowest BCUT2D eigenvalue weighted by Gasteiger charge is -2.12. The number of aliphatic hydroxyl groups excluding tert-OH is 1. The largest absolute Gasteiger partial charge is 0.491 e. The van der Waals surface area contributed by atoms with Crippen molar-refractivity contribution in [3.05, 3.63) is 31.1 Å². The average Bonchev–Trinajstić information content (AvgIpc) is 2.32. The van der Waals surface area contributed by atoms with Crippen molar-refractivity contribution >= 4 is 59.4 Å². The Morgan fingerprint density at radius 1 is 1.32 bits per heavy atom. The van der Waals surface area contributed by atoms with Gasteiger partial charge < -0.3 is 14.6 Å². The van der Waals surface area contributed by atoms with Gasteiger partial charge in [0, 0.05) is 19.1 Å². The highest BCUT2D eigenvalue weighted by Crippen LogP contribution is 2.37. The maximum Gasteiger partial charge on any atom is 0.152 e. The summed E-state index contributed by atoms with van der Waals surface area (Å²) in [6.07, 6.45) is 2.39. The molecule has 0 heterocycles. The van der Waals surface area contributed by atoms with E-state index in [1.807, 2.05) is 6.08 Å².